The fourth-order valence-corrected chi connectivity index (χ4v) is 3.35. The van der Waals surface area contributed by atoms with E-state index in [1.165, 1.54) is 0 Å². The number of amides is 2. The van der Waals surface area contributed by atoms with E-state index in [9.17, 15) is 9.59 Å². The predicted molar refractivity (Wildman–Crippen MR) is 97.4 cm³/mol. The molecule has 1 aliphatic carbocycles. The Morgan fingerprint density at radius 1 is 1.20 bits per heavy atom. The van der Waals surface area contributed by atoms with Gasteiger partial charge in [0.25, 0.3) is 0 Å². The number of para-hydroxylation sites is 1. The van der Waals surface area contributed by atoms with Gasteiger partial charge in [-0.25, -0.2) is 0 Å². The average Bonchev–Trinajstić information content (AvgIpc) is 3.22. The standard InChI is InChI=1S/C20H28N2O3/c1-19(2,3)15-8-4-5-9-16(15)22-18(24)20(10-11-20)17(23)21-13-14-7-6-12-25-14/h4-5,8-9,14H,6-7,10-13H2,1-3H3,(H,21,23)(H,22,24). The van der Waals surface area contributed by atoms with Crippen molar-refractivity contribution in [3.05, 3.63) is 29.8 Å². The highest BCUT2D eigenvalue weighted by atomic mass is 16.5. The lowest BCUT2D eigenvalue weighted by molar-refractivity contribution is -0.134. The van der Waals surface area contributed by atoms with Gasteiger partial charge >= 0.3 is 0 Å². The van der Waals surface area contributed by atoms with Gasteiger partial charge in [0.1, 0.15) is 5.41 Å². The van der Waals surface area contributed by atoms with Crippen LogP contribution in [0.15, 0.2) is 24.3 Å². The third-order valence-corrected chi connectivity index (χ3v) is 5.12. The van der Waals surface area contributed by atoms with Crippen LogP contribution in [0.4, 0.5) is 5.69 Å². The first-order valence-corrected chi connectivity index (χ1v) is 9.14. The number of nitrogens with one attached hydrogen (secondary N) is 2. The fourth-order valence-electron chi connectivity index (χ4n) is 3.35. The Bertz CT molecular complexity index is 653. The minimum absolute atomic E-state index is 0.0807. The Balaban J connectivity index is 1.65. The van der Waals surface area contributed by atoms with Crippen molar-refractivity contribution in [1.29, 1.82) is 0 Å². The molecule has 5 heteroatoms. The maximum atomic E-state index is 12.8. The molecule has 136 valence electrons. The first-order valence-electron chi connectivity index (χ1n) is 9.14. The minimum Gasteiger partial charge on any atom is -0.376 e. The summed E-state index contributed by atoms with van der Waals surface area (Å²) < 4.78 is 5.53. The largest absolute Gasteiger partial charge is 0.376 e. The summed E-state index contributed by atoms with van der Waals surface area (Å²) in [6.07, 6.45) is 3.31. The quantitative estimate of drug-likeness (QED) is 0.807. The molecule has 1 atom stereocenters. The molecular formula is C20H28N2O3. The molecule has 2 N–H and O–H groups in total. The van der Waals surface area contributed by atoms with Crippen LogP contribution >= 0.6 is 0 Å². The normalized spacial score (nSPS) is 21.6. The van der Waals surface area contributed by atoms with E-state index < -0.39 is 5.41 Å². The maximum absolute atomic E-state index is 12.8. The van der Waals surface area contributed by atoms with Crippen LogP contribution in [-0.2, 0) is 19.7 Å². The van der Waals surface area contributed by atoms with Crippen LogP contribution < -0.4 is 10.6 Å². The highest BCUT2D eigenvalue weighted by Gasteiger charge is 2.56. The topological polar surface area (TPSA) is 67.4 Å². The van der Waals surface area contributed by atoms with E-state index in [2.05, 4.69) is 31.4 Å². The number of hydrogen-bond acceptors (Lipinski definition) is 3. The van der Waals surface area contributed by atoms with Crippen LogP contribution in [0.5, 0.6) is 0 Å². The van der Waals surface area contributed by atoms with Crippen molar-refractivity contribution in [2.24, 2.45) is 5.41 Å². The predicted octanol–water partition coefficient (Wildman–Crippen LogP) is 3.00. The molecule has 2 fully saturated rings. The Kier molecular flexibility index (Phi) is 4.87. The van der Waals surface area contributed by atoms with Gasteiger partial charge in [-0.3, -0.25) is 9.59 Å². The number of carbonyl (C=O) groups excluding carboxylic acids is 2. The third kappa shape index (κ3) is 3.87. The van der Waals surface area contributed by atoms with Crippen molar-refractivity contribution in [3.8, 4) is 0 Å². The van der Waals surface area contributed by atoms with Crippen molar-refractivity contribution in [2.45, 2.75) is 58.0 Å². The SMILES string of the molecule is CC(C)(C)c1ccccc1NC(=O)C1(C(=O)NCC2CCCO2)CC1. The summed E-state index contributed by atoms with van der Waals surface area (Å²) in [6.45, 7) is 7.58. The highest BCUT2D eigenvalue weighted by molar-refractivity contribution is 6.13. The molecule has 2 aliphatic rings. The van der Waals surface area contributed by atoms with Crippen LogP contribution in [0, 0.1) is 5.41 Å². The van der Waals surface area contributed by atoms with Crippen molar-refractivity contribution >= 4 is 17.5 Å². The van der Waals surface area contributed by atoms with E-state index in [-0.39, 0.29) is 23.3 Å². The molecule has 3 rings (SSSR count). The Labute approximate surface area is 149 Å². The van der Waals surface area contributed by atoms with Gasteiger partial charge in [0, 0.05) is 18.8 Å². The van der Waals surface area contributed by atoms with Gasteiger partial charge in [-0.15, -0.1) is 0 Å². The monoisotopic (exact) mass is 344 g/mol. The van der Waals surface area contributed by atoms with E-state index in [1.54, 1.807) is 0 Å². The summed E-state index contributed by atoms with van der Waals surface area (Å²) in [7, 11) is 0. The van der Waals surface area contributed by atoms with Gasteiger partial charge in [0.15, 0.2) is 0 Å². The first-order chi connectivity index (χ1) is 11.8. The van der Waals surface area contributed by atoms with Crippen LogP contribution in [0.3, 0.4) is 0 Å². The van der Waals surface area contributed by atoms with Gasteiger partial charge in [0.2, 0.25) is 11.8 Å². The summed E-state index contributed by atoms with van der Waals surface area (Å²) in [5, 5.41) is 5.91. The second-order valence-electron chi connectivity index (χ2n) is 8.18. The van der Waals surface area contributed by atoms with E-state index in [0.717, 1.165) is 30.7 Å². The number of hydrogen-bond donors (Lipinski definition) is 2. The minimum atomic E-state index is -0.913. The van der Waals surface area contributed by atoms with Gasteiger partial charge in [0.05, 0.1) is 6.10 Å². The van der Waals surface area contributed by atoms with Crippen LogP contribution in [0.1, 0.15) is 52.0 Å². The first kappa shape index (κ1) is 17.9. The molecule has 1 aliphatic heterocycles. The molecule has 1 aromatic carbocycles. The highest BCUT2D eigenvalue weighted by Crippen LogP contribution is 2.47. The Hall–Kier alpha value is -1.88. The van der Waals surface area contributed by atoms with Crippen LogP contribution in [-0.4, -0.2) is 31.1 Å². The number of anilines is 1. The molecule has 1 saturated carbocycles. The van der Waals surface area contributed by atoms with E-state index in [1.807, 2.05) is 24.3 Å². The molecule has 0 spiro atoms. The Morgan fingerprint density at radius 2 is 1.92 bits per heavy atom. The van der Waals surface area contributed by atoms with Gasteiger partial charge < -0.3 is 15.4 Å². The lowest BCUT2D eigenvalue weighted by Crippen LogP contribution is -2.42. The molecule has 0 bridgehead atoms. The van der Waals surface area contributed by atoms with Gasteiger partial charge in [-0.05, 0) is 42.7 Å². The molecule has 0 aromatic heterocycles. The van der Waals surface area contributed by atoms with Crippen molar-refractivity contribution in [1.82, 2.24) is 5.32 Å². The smallest absolute Gasteiger partial charge is 0.240 e. The van der Waals surface area contributed by atoms with Gasteiger partial charge in [-0.1, -0.05) is 39.0 Å². The van der Waals surface area contributed by atoms with E-state index in [0.29, 0.717) is 19.4 Å². The zero-order valence-corrected chi connectivity index (χ0v) is 15.4. The molecule has 0 radical (unpaired) electrons. The van der Waals surface area contributed by atoms with Crippen LogP contribution in [0.25, 0.3) is 0 Å². The summed E-state index contributed by atoms with van der Waals surface area (Å²) in [6, 6.07) is 7.80. The molecular weight excluding hydrogens is 316 g/mol. The van der Waals surface area contributed by atoms with E-state index >= 15 is 0 Å². The molecule has 2 amide bonds. The maximum Gasteiger partial charge on any atom is 0.240 e. The lowest BCUT2D eigenvalue weighted by atomic mass is 9.85. The van der Waals surface area contributed by atoms with Crippen molar-refractivity contribution in [2.75, 3.05) is 18.5 Å². The summed E-state index contributed by atoms with van der Waals surface area (Å²) in [4.78, 5) is 25.4. The summed E-state index contributed by atoms with van der Waals surface area (Å²) in [5.74, 6) is -0.372. The molecule has 1 unspecified atom stereocenters. The second kappa shape index (κ2) is 6.79. The summed E-state index contributed by atoms with van der Waals surface area (Å²) >= 11 is 0. The number of rotatable bonds is 5. The van der Waals surface area contributed by atoms with Crippen LogP contribution in [0.2, 0.25) is 0 Å². The molecule has 5 nitrogen and oxygen atoms in total. The zero-order chi connectivity index (χ0) is 18.1. The molecule has 1 saturated heterocycles. The van der Waals surface area contributed by atoms with Crippen molar-refractivity contribution in [3.63, 3.8) is 0 Å². The number of ether oxygens (including phenoxy) is 1. The van der Waals surface area contributed by atoms with E-state index in [4.69, 9.17) is 4.74 Å². The van der Waals surface area contributed by atoms with Crippen molar-refractivity contribution < 1.29 is 14.3 Å². The lowest BCUT2D eigenvalue weighted by Gasteiger charge is -2.24. The van der Waals surface area contributed by atoms with Gasteiger partial charge in [-0.2, -0.15) is 0 Å². The zero-order valence-electron chi connectivity index (χ0n) is 15.4. The Morgan fingerprint density at radius 3 is 2.52 bits per heavy atom. The average molecular weight is 344 g/mol. The number of carbonyl (C=O) groups is 2. The molecule has 1 heterocycles. The third-order valence-electron chi connectivity index (χ3n) is 5.12. The fraction of sp³-hybridized carbons (Fsp3) is 0.600. The molecule has 1 aromatic rings. The second-order valence-corrected chi connectivity index (χ2v) is 8.18. The molecule has 25 heavy (non-hydrogen) atoms. The summed E-state index contributed by atoms with van der Waals surface area (Å²) in [5.41, 5.74) is 0.865. The number of benzene rings is 1.